The first kappa shape index (κ1) is 16.6. The normalized spacial score (nSPS) is 10.4. The summed E-state index contributed by atoms with van der Waals surface area (Å²) in [5, 5.41) is 6.37. The fourth-order valence-corrected chi connectivity index (χ4v) is 2.57. The summed E-state index contributed by atoms with van der Waals surface area (Å²) in [5.74, 6) is 0.233. The molecule has 0 saturated carbocycles. The molecule has 2 amide bonds. The lowest BCUT2D eigenvalue weighted by molar-refractivity contribution is -0.123. The quantitative estimate of drug-likeness (QED) is 0.646. The highest BCUT2D eigenvalue weighted by Gasteiger charge is 2.10. The van der Waals surface area contributed by atoms with Gasteiger partial charge in [-0.15, -0.1) is 0 Å². The van der Waals surface area contributed by atoms with Crippen LogP contribution < -0.4 is 15.4 Å². The first-order valence-corrected chi connectivity index (χ1v) is 7.91. The first-order valence-electron chi connectivity index (χ1n) is 7.91. The maximum absolute atomic E-state index is 12.1. The molecule has 3 rings (SSSR count). The van der Waals surface area contributed by atoms with Crippen LogP contribution in [0.5, 0.6) is 5.75 Å². The highest BCUT2D eigenvalue weighted by molar-refractivity contribution is 5.95. The summed E-state index contributed by atoms with van der Waals surface area (Å²) in [6.45, 7) is -0.0762. The van der Waals surface area contributed by atoms with Crippen molar-refractivity contribution in [3.05, 3.63) is 60.3 Å². The molecule has 0 bridgehead atoms. The van der Waals surface area contributed by atoms with Gasteiger partial charge in [0.1, 0.15) is 5.75 Å². The maximum Gasteiger partial charge on any atom is 0.243 e. The van der Waals surface area contributed by atoms with Crippen molar-refractivity contribution in [2.45, 2.75) is 6.42 Å². The number of benzene rings is 2. The molecule has 1 heterocycles. The molecule has 0 atom stereocenters. The van der Waals surface area contributed by atoms with Gasteiger partial charge in [-0.25, -0.2) is 0 Å². The molecule has 0 radical (unpaired) electrons. The number of anilines is 1. The highest BCUT2D eigenvalue weighted by Crippen LogP contribution is 2.18. The van der Waals surface area contributed by atoms with Gasteiger partial charge < -0.3 is 20.4 Å². The summed E-state index contributed by atoms with van der Waals surface area (Å²) < 4.78 is 5.06. The number of rotatable bonds is 6. The Morgan fingerprint density at radius 1 is 1.04 bits per heavy atom. The standard InChI is InChI=1S/C19H19N3O3/c1-25-15-8-6-14(7-9-15)22-19(24)12-21-18(23)10-13-11-20-17-5-3-2-4-16(13)17/h2-9,11,20H,10,12H2,1H3,(H,21,23)(H,22,24). The molecule has 3 N–H and O–H groups in total. The van der Waals surface area contributed by atoms with Gasteiger partial charge in [0.15, 0.2) is 0 Å². The molecule has 6 heteroatoms. The second-order valence-electron chi connectivity index (χ2n) is 5.59. The van der Waals surface area contributed by atoms with Crippen LogP contribution in [0.2, 0.25) is 0 Å². The lowest BCUT2D eigenvalue weighted by Gasteiger charge is -2.07. The number of H-pyrrole nitrogens is 1. The van der Waals surface area contributed by atoms with Gasteiger partial charge >= 0.3 is 0 Å². The van der Waals surface area contributed by atoms with Gasteiger partial charge in [0, 0.05) is 22.8 Å². The molecule has 0 fully saturated rings. The van der Waals surface area contributed by atoms with Gasteiger partial charge in [0.25, 0.3) is 0 Å². The van der Waals surface area contributed by atoms with E-state index >= 15 is 0 Å². The predicted molar refractivity (Wildman–Crippen MR) is 96.6 cm³/mol. The Kier molecular flexibility index (Phi) is 4.99. The second-order valence-corrected chi connectivity index (χ2v) is 5.59. The molecule has 6 nitrogen and oxygen atoms in total. The molecule has 3 aromatic rings. The van der Waals surface area contributed by atoms with E-state index in [0.29, 0.717) is 11.4 Å². The molecule has 25 heavy (non-hydrogen) atoms. The lowest BCUT2D eigenvalue weighted by atomic mass is 10.1. The van der Waals surface area contributed by atoms with E-state index in [9.17, 15) is 9.59 Å². The molecule has 1 aromatic heterocycles. The third kappa shape index (κ3) is 4.17. The Morgan fingerprint density at radius 3 is 2.56 bits per heavy atom. The summed E-state index contributed by atoms with van der Waals surface area (Å²) in [7, 11) is 1.58. The molecular weight excluding hydrogens is 318 g/mol. The Bertz CT molecular complexity index is 884. The van der Waals surface area contributed by atoms with Crippen LogP contribution in [0, 0.1) is 0 Å². The van der Waals surface area contributed by atoms with E-state index in [1.807, 2.05) is 30.5 Å². The topological polar surface area (TPSA) is 83.2 Å². The van der Waals surface area contributed by atoms with E-state index in [1.54, 1.807) is 31.4 Å². The Labute approximate surface area is 145 Å². The van der Waals surface area contributed by atoms with E-state index in [0.717, 1.165) is 16.5 Å². The number of amides is 2. The number of methoxy groups -OCH3 is 1. The van der Waals surface area contributed by atoms with Crippen molar-refractivity contribution < 1.29 is 14.3 Å². The Hall–Kier alpha value is -3.28. The van der Waals surface area contributed by atoms with Crippen molar-refractivity contribution in [3.8, 4) is 5.75 Å². The van der Waals surface area contributed by atoms with E-state index in [4.69, 9.17) is 4.74 Å². The number of carbonyl (C=O) groups is 2. The smallest absolute Gasteiger partial charge is 0.243 e. The largest absolute Gasteiger partial charge is 0.497 e. The number of ether oxygens (including phenoxy) is 1. The van der Waals surface area contributed by atoms with E-state index in [1.165, 1.54) is 0 Å². The van der Waals surface area contributed by atoms with Crippen molar-refractivity contribution in [2.24, 2.45) is 0 Å². The SMILES string of the molecule is COc1ccc(NC(=O)CNC(=O)Cc2c[nH]c3ccccc23)cc1. The third-order valence-electron chi connectivity index (χ3n) is 3.85. The third-order valence-corrected chi connectivity index (χ3v) is 3.85. The minimum Gasteiger partial charge on any atom is -0.497 e. The van der Waals surface area contributed by atoms with Gasteiger partial charge in [-0.1, -0.05) is 18.2 Å². The number of fused-ring (bicyclic) bond motifs is 1. The molecule has 0 saturated heterocycles. The molecular formula is C19H19N3O3. The molecule has 2 aromatic carbocycles. The van der Waals surface area contributed by atoms with E-state index in [-0.39, 0.29) is 24.8 Å². The number of aromatic nitrogens is 1. The fraction of sp³-hybridized carbons (Fsp3) is 0.158. The van der Waals surface area contributed by atoms with Crippen LogP contribution >= 0.6 is 0 Å². The van der Waals surface area contributed by atoms with Crippen LogP contribution in [0.25, 0.3) is 10.9 Å². The summed E-state index contributed by atoms with van der Waals surface area (Å²) in [6, 6.07) is 14.8. The minimum absolute atomic E-state index is 0.0762. The second kappa shape index (κ2) is 7.53. The zero-order valence-corrected chi connectivity index (χ0v) is 13.8. The van der Waals surface area contributed by atoms with Gasteiger partial charge in [-0.3, -0.25) is 9.59 Å². The summed E-state index contributed by atoms with van der Waals surface area (Å²) >= 11 is 0. The highest BCUT2D eigenvalue weighted by atomic mass is 16.5. The predicted octanol–water partition coefficient (Wildman–Crippen LogP) is 2.47. The van der Waals surface area contributed by atoms with Crippen LogP contribution in [-0.4, -0.2) is 30.5 Å². The maximum atomic E-state index is 12.1. The van der Waals surface area contributed by atoms with Gasteiger partial charge in [-0.05, 0) is 35.9 Å². The van der Waals surface area contributed by atoms with E-state index in [2.05, 4.69) is 15.6 Å². The van der Waals surface area contributed by atoms with E-state index < -0.39 is 0 Å². The van der Waals surface area contributed by atoms with Gasteiger partial charge in [0.2, 0.25) is 11.8 Å². The number of hydrogen-bond donors (Lipinski definition) is 3. The molecule has 0 aliphatic carbocycles. The lowest BCUT2D eigenvalue weighted by Crippen LogP contribution is -2.33. The van der Waals surface area contributed by atoms with Crippen molar-refractivity contribution >= 4 is 28.4 Å². The average molecular weight is 337 g/mol. The number of hydrogen-bond acceptors (Lipinski definition) is 3. The van der Waals surface area contributed by atoms with Crippen molar-refractivity contribution in [1.82, 2.24) is 10.3 Å². The minimum atomic E-state index is -0.280. The molecule has 0 unspecified atom stereocenters. The molecule has 0 spiro atoms. The number of nitrogens with one attached hydrogen (secondary N) is 3. The molecule has 128 valence electrons. The Morgan fingerprint density at radius 2 is 1.80 bits per heavy atom. The number of carbonyl (C=O) groups excluding carboxylic acids is 2. The summed E-state index contributed by atoms with van der Waals surface area (Å²) in [5.41, 5.74) is 2.54. The number of para-hydroxylation sites is 1. The van der Waals surface area contributed by atoms with Crippen LogP contribution in [0.4, 0.5) is 5.69 Å². The summed E-state index contributed by atoms with van der Waals surface area (Å²) in [4.78, 5) is 27.1. The van der Waals surface area contributed by atoms with Crippen LogP contribution in [0.1, 0.15) is 5.56 Å². The van der Waals surface area contributed by atoms with Crippen molar-refractivity contribution in [1.29, 1.82) is 0 Å². The zero-order valence-electron chi connectivity index (χ0n) is 13.8. The zero-order chi connectivity index (χ0) is 17.6. The fourth-order valence-electron chi connectivity index (χ4n) is 2.57. The number of aromatic amines is 1. The average Bonchev–Trinajstić information content (AvgIpc) is 3.04. The van der Waals surface area contributed by atoms with Crippen LogP contribution in [0.3, 0.4) is 0 Å². The van der Waals surface area contributed by atoms with Gasteiger partial charge in [0.05, 0.1) is 20.1 Å². The van der Waals surface area contributed by atoms with Gasteiger partial charge in [-0.2, -0.15) is 0 Å². The Balaban J connectivity index is 1.50. The first-order chi connectivity index (χ1) is 12.2. The van der Waals surface area contributed by atoms with Crippen LogP contribution in [0.15, 0.2) is 54.7 Å². The molecule has 0 aliphatic rings. The van der Waals surface area contributed by atoms with Crippen molar-refractivity contribution in [3.63, 3.8) is 0 Å². The molecule has 0 aliphatic heterocycles. The monoisotopic (exact) mass is 337 g/mol. The van der Waals surface area contributed by atoms with Crippen molar-refractivity contribution in [2.75, 3.05) is 19.0 Å². The summed E-state index contributed by atoms with van der Waals surface area (Å²) in [6.07, 6.45) is 2.04. The van der Waals surface area contributed by atoms with Crippen LogP contribution in [-0.2, 0) is 16.0 Å².